The molecule has 4 heterocycles. The van der Waals surface area contributed by atoms with Crippen molar-refractivity contribution in [3.8, 4) is 0 Å². The highest BCUT2D eigenvalue weighted by atomic mass is 32.2. The first-order valence-corrected chi connectivity index (χ1v) is 16.2. The van der Waals surface area contributed by atoms with Gasteiger partial charge in [-0.3, -0.25) is 9.78 Å². The minimum atomic E-state index is -3.44. The third-order valence-electron chi connectivity index (χ3n) is 8.70. The predicted octanol–water partition coefficient (Wildman–Crippen LogP) is 2.84. The lowest BCUT2D eigenvalue weighted by molar-refractivity contribution is -0.119. The zero-order chi connectivity index (χ0) is 30.6. The molecule has 1 aromatic heterocycles. The van der Waals surface area contributed by atoms with E-state index < -0.39 is 45.6 Å². The van der Waals surface area contributed by atoms with Crippen molar-refractivity contribution in [2.24, 2.45) is 5.92 Å². The van der Waals surface area contributed by atoms with Crippen LogP contribution in [0.15, 0.2) is 36.7 Å². The summed E-state index contributed by atoms with van der Waals surface area (Å²) in [7, 11) is -3.44. The van der Waals surface area contributed by atoms with Gasteiger partial charge in [-0.1, -0.05) is 12.1 Å². The number of piperazine rings is 1. The Balaban J connectivity index is 1.39. The van der Waals surface area contributed by atoms with Gasteiger partial charge in [-0.2, -0.15) is 4.31 Å². The fraction of sp³-hybridized carbons (Fsp3) is 0.552. The number of nitrogens with one attached hydrogen (secondary N) is 3. The molecule has 2 aromatic rings. The highest BCUT2D eigenvalue weighted by Crippen LogP contribution is 2.36. The molecule has 2 amide bonds. The molecule has 0 saturated carbocycles. The number of carboxylic acid groups (broad SMARTS) is 1. The molecular weight excluding hydrogens is 584 g/mol. The molecule has 4 N–H and O–H groups in total. The molecule has 3 saturated heterocycles. The third kappa shape index (κ3) is 7.48. The Morgan fingerprint density at radius 2 is 1.88 bits per heavy atom. The van der Waals surface area contributed by atoms with Gasteiger partial charge in [0.05, 0.1) is 23.8 Å². The van der Waals surface area contributed by atoms with Gasteiger partial charge in [-0.25, -0.2) is 22.0 Å². The van der Waals surface area contributed by atoms with Crippen LogP contribution in [0, 0.1) is 17.6 Å². The Morgan fingerprint density at radius 3 is 2.60 bits per heavy atom. The average molecular weight is 622 g/mol. The van der Waals surface area contributed by atoms with Crippen molar-refractivity contribution in [2.45, 2.75) is 62.6 Å². The summed E-state index contributed by atoms with van der Waals surface area (Å²) in [6.45, 7) is 1.68. The van der Waals surface area contributed by atoms with Crippen LogP contribution in [0.3, 0.4) is 0 Å². The van der Waals surface area contributed by atoms with Crippen molar-refractivity contribution in [2.75, 3.05) is 37.4 Å². The summed E-state index contributed by atoms with van der Waals surface area (Å²) in [6.07, 6.45) is 3.81. The number of carbonyl (C=O) groups excluding carboxylic acids is 1. The molecule has 5 rings (SSSR count). The summed E-state index contributed by atoms with van der Waals surface area (Å²) in [5.74, 6) is -2.57. The summed E-state index contributed by atoms with van der Waals surface area (Å²) < 4.78 is 61.7. The second-order valence-corrected chi connectivity index (χ2v) is 13.5. The second-order valence-electron chi connectivity index (χ2n) is 11.4. The SMILES string of the molecule is O=C(O)N[C@H](C(=O)Nc1cncc(F)c1CC[C@H]1CN[C@@H]2CCCS(=O)(=O)N1C2)[C@@H](c1ccc(F)cc1)C1CCOCC1. The molecule has 14 heteroatoms. The van der Waals surface area contributed by atoms with Crippen LogP contribution in [-0.2, 0) is 26.0 Å². The number of benzene rings is 1. The summed E-state index contributed by atoms with van der Waals surface area (Å²) in [5, 5.41) is 18.1. The summed E-state index contributed by atoms with van der Waals surface area (Å²) in [5.41, 5.74) is 0.810. The van der Waals surface area contributed by atoms with Crippen LogP contribution in [0.1, 0.15) is 49.1 Å². The van der Waals surface area contributed by atoms with Crippen molar-refractivity contribution in [3.05, 3.63) is 59.4 Å². The Kier molecular flexibility index (Phi) is 9.89. The molecule has 2 bridgehead atoms. The topological polar surface area (TPSA) is 150 Å². The first-order valence-electron chi connectivity index (χ1n) is 14.6. The minimum absolute atomic E-state index is 0.0763. The maximum atomic E-state index is 15.2. The van der Waals surface area contributed by atoms with E-state index in [0.717, 1.165) is 12.6 Å². The zero-order valence-electron chi connectivity index (χ0n) is 23.7. The molecule has 234 valence electrons. The van der Waals surface area contributed by atoms with E-state index in [-0.39, 0.29) is 41.4 Å². The smallest absolute Gasteiger partial charge is 0.405 e. The van der Waals surface area contributed by atoms with E-state index in [1.165, 1.54) is 34.8 Å². The van der Waals surface area contributed by atoms with Crippen LogP contribution in [0.25, 0.3) is 0 Å². The van der Waals surface area contributed by atoms with Crippen LogP contribution in [0.4, 0.5) is 19.3 Å². The number of fused-ring (bicyclic) bond motifs is 2. The van der Waals surface area contributed by atoms with Crippen molar-refractivity contribution in [1.82, 2.24) is 19.9 Å². The second kappa shape index (κ2) is 13.6. The first-order chi connectivity index (χ1) is 20.6. The lowest BCUT2D eigenvalue weighted by Gasteiger charge is -2.37. The van der Waals surface area contributed by atoms with E-state index in [1.54, 1.807) is 0 Å². The van der Waals surface area contributed by atoms with Crippen LogP contribution in [-0.4, -0.2) is 85.0 Å². The minimum Gasteiger partial charge on any atom is -0.465 e. The molecule has 1 unspecified atom stereocenters. The van der Waals surface area contributed by atoms with Gasteiger partial charge in [-0.05, 0) is 62.1 Å². The maximum absolute atomic E-state index is 15.2. The van der Waals surface area contributed by atoms with Gasteiger partial charge in [0, 0.05) is 49.9 Å². The summed E-state index contributed by atoms with van der Waals surface area (Å²) in [4.78, 5) is 29.6. The number of halogens is 2. The van der Waals surface area contributed by atoms with E-state index in [1.807, 2.05) is 0 Å². The fourth-order valence-corrected chi connectivity index (χ4v) is 8.35. The Hall–Kier alpha value is -3.20. The molecule has 3 aliphatic rings. The van der Waals surface area contributed by atoms with Gasteiger partial charge in [0.25, 0.3) is 0 Å². The van der Waals surface area contributed by atoms with Crippen molar-refractivity contribution < 1.29 is 36.6 Å². The number of ether oxygens (including phenoxy) is 1. The molecule has 0 spiro atoms. The number of aromatic nitrogens is 1. The fourth-order valence-electron chi connectivity index (χ4n) is 6.54. The number of hydrogen-bond donors (Lipinski definition) is 4. The molecule has 5 atom stereocenters. The van der Waals surface area contributed by atoms with Crippen molar-refractivity contribution >= 4 is 27.7 Å². The lowest BCUT2D eigenvalue weighted by atomic mass is 9.76. The lowest BCUT2D eigenvalue weighted by Crippen LogP contribution is -2.57. The predicted molar refractivity (Wildman–Crippen MR) is 154 cm³/mol. The molecule has 1 aromatic carbocycles. The number of carbonyl (C=O) groups is 2. The van der Waals surface area contributed by atoms with Gasteiger partial charge in [-0.15, -0.1) is 0 Å². The monoisotopic (exact) mass is 621 g/mol. The van der Waals surface area contributed by atoms with Gasteiger partial charge in [0.15, 0.2) is 0 Å². The highest BCUT2D eigenvalue weighted by Gasteiger charge is 2.39. The quantitative estimate of drug-likeness (QED) is 0.334. The van der Waals surface area contributed by atoms with Gasteiger partial charge >= 0.3 is 6.09 Å². The van der Waals surface area contributed by atoms with Crippen LogP contribution < -0.4 is 16.0 Å². The van der Waals surface area contributed by atoms with E-state index in [9.17, 15) is 27.5 Å². The highest BCUT2D eigenvalue weighted by molar-refractivity contribution is 7.89. The number of nitrogens with zero attached hydrogens (tertiary/aromatic N) is 2. The summed E-state index contributed by atoms with van der Waals surface area (Å²) >= 11 is 0. The largest absolute Gasteiger partial charge is 0.465 e. The Morgan fingerprint density at radius 1 is 1.14 bits per heavy atom. The van der Waals surface area contributed by atoms with Crippen molar-refractivity contribution in [3.63, 3.8) is 0 Å². The normalized spacial score (nSPS) is 25.2. The van der Waals surface area contributed by atoms with Crippen LogP contribution in [0.5, 0.6) is 0 Å². The number of anilines is 1. The van der Waals surface area contributed by atoms with E-state index in [2.05, 4.69) is 20.9 Å². The maximum Gasteiger partial charge on any atom is 0.405 e. The summed E-state index contributed by atoms with van der Waals surface area (Å²) in [6, 6.07) is 4.02. The molecule has 3 aliphatic heterocycles. The number of hydrogen-bond acceptors (Lipinski definition) is 7. The van der Waals surface area contributed by atoms with E-state index in [4.69, 9.17) is 4.74 Å². The molecule has 0 aliphatic carbocycles. The van der Waals surface area contributed by atoms with Gasteiger partial charge in [0.1, 0.15) is 17.7 Å². The van der Waals surface area contributed by atoms with E-state index in [0.29, 0.717) is 57.6 Å². The standard InChI is InChI=1S/C29H37F2N5O6S/c30-20-5-3-18(4-6-20)26(19-9-11-42-12-10-19)27(35-29(38)39)28(37)34-25-16-32-15-24(31)23(25)8-7-22-14-33-21-2-1-13-43(40,41)36(22)17-21/h3-6,15-16,19,21-22,26-27,33,35H,1-2,7-14,17H2,(H,34,37)(H,38,39)/t21-,22+,26+,27+/m1/s1. The number of sulfonamides is 1. The number of pyridine rings is 1. The zero-order valence-corrected chi connectivity index (χ0v) is 24.5. The number of rotatable bonds is 9. The van der Waals surface area contributed by atoms with E-state index >= 15 is 4.39 Å². The van der Waals surface area contributed by atoms with Crippen LogP contribution >= 0.6 is 0 Å². The molecule has 0 radical (unpaired) electrons. The Labute approximate surface area is 249 Å². The number of amides is 2. The average Bonchev–Trinajstić information content (AvgIpc) is 3.09. The van der Waals surface area contributed by atoms with Crippen LogP contribution in [0.2, 0.25) is 0 Å². The van der Waals surface area contributed by atoms with Gasteiger partial charge < -0.3 is 25.8 Å². The van der Waals surface area contributed by atoms with Gasteiger partial charge in [0.2, 0.25) is 15.9 Å². The molecule has 43 heavy (non-hydrogen) atoms. The molecule has 3 fully saturated rings. The third-order valence-corrected chi connectivity index (χ3v) is 10.7. The Bertz CT molecular complexity index is 1410. The van der Waals surface area contributed by atoms with Crippen molar-refractivity contribution in [1.29, 1.82) is 0 Å². The molecular formula is C29H37F2N5O6S. The molecule has 11 nitrogen and oxygen atoms in total. The first kappa shape index (κ1) is 31.2.